The monoisotopic (exact) mass is 265 g/mol. The van der Waals surface area contributed by atoms with Gasteiger partial charge in [0.15, 0.2) is 0 Å². The summed E-state index contributed by atoms with van der Waals surface area (Å²) in [5.74, 6) is 0.656. The minimum Gasteiger partial charge on any atom is -0.493 e. The fourth-order valence-electron chi connectivity index (χ4n) is 1.95. The molecule has 0 aliphatic carbocycles. The van der Waals surface area contributed by atoms with Gasteiger partial charge in [-0.25, -0.2) is 0 Å². The number of ether oxygens (including phenoxy) is 2. The second kappa shape index (κ2) is 7.14. The predicted molar refractivity (Wildman–Crippen MR) is 75.6 cm³/mol. The summed E-state index contributed by atoms with van der Waals surface area (Å²) in [5.41, 5.74) is 3.47. The van der Waals surface area contributed by atoms with Crippen LogP contribution in [0.3, 0.4) is 0 Å². The van der Waals surface area contributed by atoms with E-state index in [4.69, 9.17) is 9.47 Å². The predicted octanol–water partition coefficient (Wildman–Crippen LogP) is 2.14. The van der Waals surface area contributed by atoms with Gasteiger partial charge in [-0.3, -0.25) is 4.79 Å². The molecule has 0 amide bonds. The largest absolute Gasteiger partial charge is 0.493 e. The van der Waals surface area contributed by atoms with Crippen LogP contribution in [0.15, 0.2) is 12.1 Å². The van der Waals surface area contributed by atoms with Crippen LogP contribution >= 0.6 is 0 Å². The third-order valence-electron chi connectivity index (χ3n) is 3.36. The second-order valence-electron chi connectivity index (χ2n) is 4.66. The highest BCUT2D eigenvalue weighted by molar-refractivity contribution is 5.75. The standard InChI is InChI=1S/C15H23NO3/c1-10-6-7-11(2)14(12(10)3)19-9-8-13(16-4)15(17)18-5/h6-7,13,16H,8-9H2,1-5H3. The summed E-state index contributed by atoms with van der Waals surface area (Å²) in [5, 5.41) is 2.93. The van der Waals surface area contributed by atoms with Crippen molar-refractivity contribution in [3.63, 3.8) is 0 Å². The normalized spacial score (nSPS) is 12.1. The molecule has 0 saturated heterocycles. The van der Waals surface area contributed by atoms with Gasteiger partial charge in [0.05, 0.1) is 13.7 Å². The quantitative estimate of drug-likeness (QED) is 0.801. The van der Waals surface area contributed by atoms with Gasteiger partial charge in [-0.1, -0.05) is 12.1 Å². The van der Waals surface area contributed by atoms with Gasteiger partial charge in [0.1, 0.15) is 11.8 Å². The Hall–Kier alpha value is -1.55. The van der Waals surface area contributed by atoms with Gasteiger partial charge < -0.3 is 14.8 Å². The molecule has 1 unspecified atom stereocenters. The molecule has 1 aromatic rings. The lowest BCUT2D eigenvalue weighted by Gasteiger charge is -2.17. The maximum atomic E-state index is 11.4. The van der Waals surface area contributed by atoms with E-state index in [-0.39, 0.29) is 12.0 Å². The zero-order valence-corrected chi connectivity index (χ0v) is 12.4. The first-order chi connectivity index (χ1) is 9.01. The van der Waals surface area contributed by atoms with Gasteiger partial charge in [0.25, 0.3) is 0 Å². The van der Waals surface area contributed by atoms with E-state index in [1.165, 1.54) is 12.7 Å². The Labute approximate surface area is 115 Å². The van der Waals surface area contributed by atoms with Crippen LogP contribution in [-0.2, 0) is 9.53 Å². The molecule has 0 aliphatic rings. The summed E-state index contributed by atoms with van der Waals surface area (Å²) < 4.78 is 10.5. The summed E-state index contributed by atoms with van der Waals surface area (Å²) in [6.07, 6.45) is 0.579. The molecule has 0 heterocycles. The molecule has 0 saturated carbocycles. The molecule has 0 radical (unpaired) electrons. The molecule has 0 aromatic heterocycles. The Kier molecular flexibility index (Phi) is 5.83. The average Bonchev–Trinajstić information content (AvgIpc) is 2.41. The Bertz CT molecular complexity index is 443. The number of aryl methyl sites for hydroxylation is 2. The molecule has 106 valence electrons. The van der Waals surface area contributed by atoms with Gasteiger partial charge in [-0.2, -0.15) is 0 Å². The molecular formula is C15H23NO3. The van der Waals surface area contributed by atoms with Crippen LogP contribution in [0.25, 0.3) is 0 Å². The third kappa shape index (κ3) is 3.96. The first kappa shape index (κ1) is 15.5. The highest BCUT2D eigenvalue weighted by atomic mass is 16.5. The fraction of sp³-hybridized carbons (Fsp3) is 0.533. The number of carbonyl (C=O) groups excluding carboxylic acids is 1. The number of hydrogen-bond donors (Lipinski definition) is 1. The van der Waals surface area contributed by atoms with E-state index in [1.807, 2.05) is 19.9 Å². The van der Waals surface area contributed by atoms with Crippen LogP contribution in [-0.4, -0.2) is 32.8 Å². The van der Waals surface area contributed by atoms with Crippen LogP contribution in [0, 0.1) is 20.8 Å². The van der Waals surface area contributed by atoms with E-state index < -0.39 is 0 Å². The van der Waals surface area contributed by atoms with E-state index in [0.29, 0.717) is 13.0 Å². The smallest absolute Gasteiger partial charge is 0.322 e. The molecule has 0 aliphatic heterocycles. The minimum absolute atomic E-state index is 0.260. The Morgan fingerprint density at radius 3 is 2.47 bits per heavy atom. The number of rotatable bonds is 6. The van der Waals surface area contributed by atoms with Crippen molar-refractivity contribution in [1.82, 2.24) is 5.32 Å². The van der Waals surface area contributed by atoms with Crippen molar-refractivity contribution in [2.75, 3.05) is 20.8 Å². The van der Waals surface area contributed by atoms with E-state index in [9.17, 15) is 4.79 Å². The van der Waals surface area contributed by atoms with Crippen LogP contribution in [0.2, 0.25) is 0 Å². The molecule has 4 nitrogen and oxygen atoms in total. The van der Waals surface area contributed by atoms with Crippen molar-refractivity contribution in [1.29, 1.82) is 0 Å². The molecule has 19 heavy (non-hydrogen) atoms. The Balaban J connectivity index is 2.63. The number of methoxy groups -OCH3 is 1. The lowest BCUT2D eigenvalue weighted by Crippen LogP contribution is -2.36. The maximum Gasteiger partial charge on any atom is 0.322 e. The summed E-state index contributed by atoms with van der Waals surface area (Å²) >= 11 is 0. The van der Waals surface area contributed by atoms with Crippen molar-refractivity contribution in [3.05, 3.63) is 28.8 Å². The first-order valence-corrected chi connectivity index (χ1v) is 6.46. The van der Waals surface area contributed by atoms with Gasteiger partial charge in [0, 0.05) is 6.42 Å². The SMILES string of the molecule is CNC(CCOc1c(C)ccc(C)c1C)C(=O)OC. The van der Waals surface area contributed by atoms with Crippen molar-refractivity contribution in [2.24, 2.45) is 0 Å². The van der Waals surface area contributed by atoms with Crippen molar-refractivity contribution < 1.29 is 14.3 Å². The lowest BCUT2D eigenvalue weighted by atomic mass is 10.1. The first-order valence-electron chi connectivity index (χ1n) is 6.46. The molecule has 0 fully saturated rings. The lowest BCUT2D eigenvalue weighted by molar-refractivity contribution is -0.143. The van der Waals surface area contributed by atoms with Gasteiger partial charge in [0.2, 0.25) is 0 Å². The number of likely N-dealkylation sites (N-methyl/N-ethyl adjacent to an activating group) is 1. The van der Waals surface area contributed by atoms with Crippen LogP contribution < -0.4 is 10.1 Å². The number of hydrogen-bond acceptors (Lipinski definition) is 4. The maximum absolute atomic E-state index is 11.4. The fourth-order valence-corrected chi connectivity index (χ4v) is 1.95. The van der Waals surface area contributed by atoms with E-state index in [0.717, 1.165) is 16.9 Å². The number of carbonyl (C=O) groups is 1. The third-order valence-corrected chi connectivity index (χ3v) is 3.36. The highest BCUT2D eigenvalue weighted by Gasteiger charge is 2.17. The summed E-state index contributed by atoms with van der Waals surface area (Å²) in [6.45, 7) is 6.61. The van der Waals surface area contributed by atoms with Crippen LogP contribution in [0.4, 0.5) is 0 Å². The summed E-state index contributed by atoms with van der Waals surface area (Å²) in [6, 6.07) is 3.81. The number of esters is 1. The van der Waals surface area contributed by atoms with Crippen LogP contribution in [0.5, 0.6) is 5.75 Å². The molecule has 4 heteroatoms. The van der Waals surface area contributed by atoms with Gasteiger partial charge >= 0.3 is 5.97 Å². The van der Waals surface area contributed by atoms with Crippen molar-refractivity contribution >= 4 is 5.97 Å². The Morgan fingerprint density at radius 1 is 1.26 bits per heavy atom. The summed E-state index contributed by atoms with van der Waals surface area (Å²) in [4.78, 5) is 11.4. The van der Waals surface area contributed by atoms with Crippen LogP contribution in [0.1, 0.15) is 23.1 Å². The van der Waals surface area contributed by atoms with Crippen molar-refractivity contribution in [2.45, 2.75) is 33.2 Å². The zero-order chi connectivity index (χ0) is 14.4. The molecule has 0 spiro atoms. The molecular weight excluding hydrogens is 242 g/mol. The van der Waals surface area contributed by atoms with Gasteiger partial charge in [-0.15, -0.1) is 0 Å². The zero-order valence-electron chi connectivity index (χ0n) is 12.4. The average molecular weight is 265 g/mol. The molecule has 1 aromatic carbocycles. The molecule has 1 N–H and O–H groups in total. The van der Waals surface area contributed by atoms with Gasteiger partial charge in [-0.05, 0) is 44.5 Å². The van der Waals surface area contributed by atoms with E-state index >= 15 is 0 Å². The Morgan fingerprint density at radius 2 is 1.89 bits per heavy atom. The molecule has 0 bridgehead atoms. The summed E-state index contributed by atoms with van der Waals surface area (Å²) in [7, 11) is 3.13. The highest BCUT2D eigenvalue weighted by Crippen LogP contribution is 2.25. The topological polar surface area (TPSA) is 47.6 Å². The number of benzene rings is 1. The van der Waals surface area contributed by atoms with Crippen molar-refractivity contribution in [3.8, 4) is 5.75 Å². The molecule has 1 atom stereocenters. The number of nitrogens with one attached hydrogen (secondary N) is 1. The second-order valence-corrected chi connectivity index (χ2v) is 4.66. The molecule has 1 rings (SSSR count). The van der Waals surface area contributed by atoms with E-state index in [2.05, 4.69) is 18.3 Å². The minimum atomic E-state index is -0.324. The van der Waals surface area contributed by atoms with E-state index in [1.54, 1.807) is 7.05 Å².